The summed E-state index contributed by atoms with van der Waals surface area (Å²) in [5, 5.41) is 2.08. The second-order valence-electron chi connectivity index (χ2n) is 5.29. The van der Waals surface area contributed by atoms with Gasteiger partial charge in [0, 0.05) is 14.4 Å². The highest BCUT2D eigenvalue weighted by atomic mass is 32.2. The summed E-state index contributed by atoms with van der Waals surface area (Å²) >= 11 is 8.53. The Morgan fingerprint density at radius 2 is 1.53 bits per heavy atom. The first-order chi connectivity index (χ1) is 6.51. The maximum Gasteiger partial charge on any atom is 0.110 e. The van der Waals surface area contributed by atoms with Gasteiger partial charge in [0.2, 0.25) is 0 Å². The van der Waals surface area contributed by atoms with E-state index < -0.39 is 0 Å². The summed E-state index contributed by atoms with van der Waals surface area (Å²) in [4.78, 5) is 1.50. The minimum Gasteiger partial charge on any atom is -0.389 e. The van der Waals surface area contributed by atoms with Crippen molar-refractivity contribution in [3.8, 4) is 0 Å². The van der Waals surface area contributed by atoms with Gasteiger partial charge in [0.05, 0.1) is 0 Å². The van der Waals surface area contributed by atoms with Crippen LogP contribution in [0.2, 0.25) is 0 Å². The molecule has 2 N–H and O–H groups in total. The number of rotatable bonds is 3. The number of hydrogen-bond donors (Lipinski definition) is 1. The second-order valence-corrected chi connectivity index (χ2v) is 9.30. The maximum atomic E-state index is 5.70. The van der Waals surface area contributed by atoms with Crippen LogP contribution in [0.25, 0.3) is 0 Å². The second kappa shape index (κ2) is 5.60. The quantitative estimate of drug-likeness (QED) is 0.610. The molecule has 0 unspecified atom stereocenters. The van der Waals surface area contributed by atoms with Crippen LogP contribution in [0.3, 0.4) is 0 Å². The predicted octanol–water partition coefficient (Wildman–Crippen LogP) is 4.18. The molecular formula is C11H21NS3. The van der Waals surface area contributed by atoms with Gasteiger partial charge in [-0.3, -0.25) is 0 Å². The van der Waals surface area contributed by atoms with Crippen LogP contribution in [-0.2, 0) is 0 Å². The molecule has 15 heavy (non-hydrogen) atoms. The highest BCUT2D eigenvalue weighted by Crippen LogP contribution is 2.35. The molecule has 0 aromatic rings. The van der Waals surface area contributed by atoms with E-state index >= 15 is 0 Å². The highest BCUT2D eigenvalue weighted by Gasteiger charge is 2.17. The highest BCUT2D eigenvalue weighted by molar-refractivity contribution is 8.08. The molecule has 0 aromatic heterocycles. The van der Waals surface area contributed by atoms with Crippen LogP contribution in [0.15, 0.2) is 10.3 Å². The minimum atomic E-state index is 0.147. The fraction of sp³-hybridized carbons (Fsp3) is 0.727. The molecule has 0 atom stereocenters. The van der Waals surface area contributed by atoms with Crippen molar-refractivity contribution < 1.29 is 0 Å². The SMILES string of the molecule is CC(C)(C)SC=C(SC(C)(C)C)C(N)=S. The summed E-state index contributed by atoms with van der Waals surface area (Å²) in [5.74, 6) is 0. The van der Waals surface area contributed by atoms with Crippen molar-refractivity contribution in [1.29, 1.82) is 0 Å². The van der Waals surface area contributed by atoms with Gasteiger partial charge >= 0.3 is 0 Å². The molecule has 0 rings (SSSR count). The van der Waals surface area contributed by atoms with Gasteiger partial charge in [0.15, 0.2) is 0 Å². The van der Waals surface area contributed by atoms with Gasteiger partial charge in [-0.15, -0.1) is 23.5 Å². The zero-order valence-electron chi connectivity index (χ0n) is 10.4. The van der Waals surface area contributed by atoms with Crippen molar-refractivity contribution in [2.45, 2.75) is 51.0 Å². The normalized spacial score (nSPS) is 14.1. The van der Waals surface area contributed by atoms with Crippen LogP contribution < -0.4 is 5.73 Å². The molecule has 0 saturated carbocycles. The van der Waals surface area contributed by atoms with Crippen molar-refractivity contribution in [3.05, 3.63) is 10.3 Å². The molecule has 0 saturated heterocycles. The largest absolute Gasteiger partial charge is 0.389 e. The first-order valence-electron chi connectivity index (χ1n) is 4.88. The van der Waals surface area contributed by atoms with E-state index in [9.17, 15) is 0 Å². The number of nitrogens with two attached hydrogens (primary N) is 1. The Hall–Kier alpha value is 0.330. The molecule has 0 spiro atoms. The molecule has 0 aliphatic heterocycles. The van der Waals surface area contributed by atoms with Crippen molar-refractivity contribution in [1.82, 2.24) is 0 Å². The summed E-state index contributed by atoms with van der Waals surface area (Å²) in [6.45, 7) is 13.0. The fourth-order valence-electron chi connectivity index (χ4n) is 0.693. The Balaban J connectivity index is 4.62. The Labute approximate surface area is 108 Å². The molecule has 0 fully saturated rings. The van der Waals surface area contributed by atoms with Gasteiger partial charge in [-0.25, -0.2) is 0 Å². The summed E-state index contributed by atoms with van der Waals surface area (Å²) in [7, 11) is 0. The topological polar surface area (TPSA) is 26.0 Å². The molecule has 0 bridgehead atoms. The van der Waals surface area contributed by atoms with Gasteiger partial charge in [-0.05, 0) is 5.41 Å². The summed E-state index contributed by atoms with van der Waals surface area (Å²) in [6.07, 6.45) is 0. The molecule has 88 valence electrons. The van der Waals surface area contributed by atoms with Crippen molar-refractivity contribution in [2.75, 3.05) is 0 Å². The maximum absolute atomic E-state index is 5.70. The Morgan fingerprint density at radius 1 is 1.07 bits per heavy atom. The lowest BCUT2D eigenvalue weighted by molar-refractivity contribution is 0.805. The van der Waals surface area contributed by atoms with E-state index in [1.165, 1.54) is 0 Å². The van der Waals surface area contributed by atoms with E-state index in [1.807, 2.05) is 0 Å². The van der Waals surface area contributed by atoms with Crippen LogP contribution in [0, 0.1) is 0 Å². The van der Waals surface area contributed by atoms with Crippen LogP contribution in [0.5, 0.6) is 0 Å². The van der Waals surface area contributed by atoms with Crippen LogP contribution >= 0.6 is 35.7 Å². The van der Waals surface area contributed by atoms with E-state index in [0.717, 1.165) is 4.91 Å². The van der Waals surface area contributed by atoms with Gasteiger partial charge in [0.1, 0.15) is 4.99 Å². The van der Waals surface area contributed by atoms with Crippen LogP contribution in [0.4, 0.5) is 0 Å². The lowest BCUT2D eigenvalue weighted by Gasteiger charge is -2.21. The number of thioether (sulfide) groups is 2. The Bertz CT molecular complexity index is 256. The first-order valence-corrected chi connectivity index (χ1v) is 6.98. The molecular weight excluding hydrogens is 242 g/mol. The predicted molar refractivity (Wildman–Crippen MR) is 79.6 cm³/mol. The molecule has 0 aliphatic rings. The van der Waals surface area contributed by atoms with Crippen molar-refractivity contribution in [2.24, 2.45) is 5.73 Å². The van der Waals surface area contributed by atoms with Crippen LogP contribution in [-0.4, -0.2) is 14.5 Å². The van der Waals surface area contributed by atoms with Gasteiger partial charge < -0.3 is 5.73 Å². The van der Waals surface area contributed by atoms with E-state index in [0.29, 0.717) is 4.99 Å². The fourth-order valence-corrected chi connectivity index (χ4v) is 2.64. The number of thiocarbonyl (C=S) groups is 1. The summed E-state index contributed by atoms with van der Waals surface area (Å²) < 4.78 is 0.349. The molecule has 0 aliphatic carbocycles. The average molecular weight is 263 g/mol. The van der Waals surface area contributed by atoms with Crippen LogP contribution in [0.1, 0.15) is 41.5 Å². The smallest absolute Gasteiger partial charge is 0.110 e. The zero-order valence-corrected chi connectivity index (χ0v) is 12.8. The molecule has 0 aromatic carbocycles. The molecule has 0 radical (unpaired) electrons. The molecule has 0 amide bonds. The molecule has 4 heteroatoms. The third-order valence-electron chi connectivity index (χ3n) is 1.18. The minimum absolute atomic E-state index is 0.147. The third kappa shape index (κ3) is 9.27. The van der Waals surface area contributed by atoms with E-state index in [1.54, 1.807) is 23.5 Å². The Morgan fingerprint density at radius 3 is 1.80 bits per heavy atom. The third-order valence-corrected chi connectivity index (χ3v) is 3.91. The average Bonchev–Trinajstić information content (AvgIpc) is 1.93. The first kappa shape index (κ1) is 15.3. The van der Waals surface area contributed by atoms with Crippen molar-refractivity contribution >= 4 is 40.7 Å². The van der Waals surface area contributed by atoms with E-state index in [4.69, 9.17) is 18.0 Å². The molecule has 1 nitrogen and oxygen atoms in total. The Kier molecular flexibility index (Phi) is 5.72. The lowest BCUT2D eigenvalue weighted by Crippen LogP contribution is -2.16. The standard InChI is InChI=1S/C11H21NS3/c1-10(2,3)14-7-8(9(12)13)15-11(4,5)6/h7H,1-6H3,(H2,12,13). The van der Waals surface area contributed by atoms with Crippen molar-refractivity contribution in [3.63, 3.8) is 0 Å². The van der Waals surface area contributed by atoms with Gasteiger partial charge in [0.25, 0.3) is 0 Å². The molecule has 0 heterocycles. The number of hydrogen-bond acceptors (Lipinski definition) is 3. The van der Waals surface area contributed by atoms with Gasteiger partial charge in [-0.1, -0.05) is 53.8 Å². The van der Waals surface area contributed by atoms with E-state index in [2.05, 4.69) is 47.0 Å². The zero-order chi connectivity index (χ0) is 12.3. The lowest BCUT2D eigenvalue weighted by atomic mass is 10.3. The summed E-state index contributed by atoms with van der Waals surface area (Å²) in [6, 6.07) is 0. The van der Waals surface area contributed by atoms with Gasteiger partial charge in [-0.2, -0.15) is 0 Å². The van der Waals surface area contributed by atoms with E-state index in [-0.39, 0.29) is 9.49 Å². The monoisotopic (exact) mass is 263 g/mol. The summed E-state index contributed by atoms with van der Waals surface area (Å²) in [5.41, 5.74) is 5.70.